The zero-order valence-corrected chi connectivity index (χ0v) is 18.2. The maximum absolute atomic E-state index is 12.0. The molecule has 3 rings (SSSR count). The number of nitrogens with zero attached hydrogens (tertiary/aromatic N) is 3. The van der Waals surface area contributed by atoms with Crippen molar-refractivity contribution < 1.29 is 24.6 Å². The molecule has 30 heavy (non-hydrogen) atoms. The van der Waals surface area contributed by atoms with Gasteiger partial charge in [0.2, 0.25) is 5.91 Å². The smallest absolute Gasteiger partial charge is 0.352 e. The van der Waals surface area contributed by atoms with Gasteiger partial charge in [-0.25, -0.2) is 9.59 Å². The first kappa shape index (κ1) is 22.4. The highest BCUT2D eigenvalue weighted by atomic mass is 32.2. The fraction of sp³-hybridized carbons (Fsp3) is 0.526. The molecule has 162 valence electrons. The Morgan fingerprint density at radius 3 is 2.67 bits per heavy atom. The Morgan fingerprint density at radius 1 is 1.33 bits per heavy atom. The van der Waals surface area contributed by atoms with Crippen LogP contribution in [0, 0.1) is 0 Å². The Kier molecular flexibility index (Phi) is 7.24. The monoisotopic (exact) mass is 452 g/mol. The molecule has 11 heteroatoms. The van der Waals surface area contributed by atoms with Gasteiger partial charge in [0.25, 0.3) is 0 Å². The highest BCUT2D eigenvalue weighted by Gasteiger charge is 2.49. The topological polar surface area (TPSA) is 136 Å². The minimum Gasteiger partial charge on any atom is -0.478 e. The molecule has 1 saturated heterocycles. The van der Waals surface area contributed by atoms with Gasteiger partial charge < -0.3 is 10.2 Å². The number of hydrogen-bond acceptors (Lipinski definition) is 7. The summed E-state index contributed by atoms with van der Waals surface area (Å²) in [5.41, 5.74) is 2.26. The van der Waals surface area contributed by atoms with Crippen LogP contribution in [0.4, 0.5) is 0 Å². The zero-order valence-electron chi connectivity index (χ0n) is 16.5. The van der Waals surface area contributed by atoms with Gasteiger partial charge in [0, 0.05) is 11.3 Å². The predicted octanol–water partition coefficient (Wildman–Crippen LogP) is 2.25. The van der Waals surface area contributed by atoms with E-state index in [4.69, 9.17) is 0 Å². The maximum Gasteiger partial charge on any atom is 0.352 e. The summed E-state index contributed by atoms with van der Waals surface area (Å²) in [6.07, 6.45) is 5.81. The van der Waals surface area contributed by atoms with Crippen LogP contribution < -0.4 is 0 Å². The van der Waals surface area contributed by atoms with Crippen LogP contribution in [0.5, 0.6) is 0 Å². The fourth-order valence-electron chi connectivity index (χ4n) is 3.77. The Hall–Kier alpha value is -2.27. The molecule has 0 unspecified atom stereocenters. The molecule has 0 spiro atoms. The number of unbranched alkanes of at least 4 members (excludes halogenated alkanes) is 2. The number of H-pyrrole nitrogens is 1. The SMILES string of the molecule is CC(C(=O)O)=C(CCCCCc1cn[nH]n1)[C@@H]1S[C@H]2CC(=O)N2C(C(=O)O)=C1CS. The summed E-state index contributed by atoms with van der Waals surface area (Å²) in [5, 5.41) is 29.0. The van der Waals surface area contributed by atoms with E-state index in [9.17, 15) is 24.6 Å². The van der Waals surface area contributed by atoms with Crippen molar-refractivity contribution in [2.45, 2.75) is 56.1 Å². The van der Waals surface area contributed by atoms with Crippen LogP contribution >= 0.6 is 24.4 Å². The predicted molar refractivity (Wildman–Crippen MR) is 114 cm³/mol. The van der Waals surface area contributed by atoms with Crippen molar-refractivity contribution in [3.63, 3.8) is 0 Å². The molecule has 0 saturated carbocycles. The molecule has 2 aliphatic rings. The lowest BCUT2D eigenvalue weighted by Gasteiger charge is -2.47. The van der Waals surface area contributed by atoms with Crippen molar-refractivity contribution in [1.29, 1.82) is 0 Å². The number of rotatable bonds is 10. The van der Waals surface area contributed by atoms with Gasteiger partial charge in [-0.2, -0.15) is 28.0 Å². The van der Waals surface area contributed by atoms with Crippen LogP contribution in [0.1, 0.15) is 44.7 Å². The van der Waals surface area contributed by atoms with Crippen LogP contribution in [0.3, 0.4) is 0 Å². The van der Waals surface area contributed by atoms with Gasteiger partial charge >= 0.3 is 11.9 Å². The molecular formula is C19H24N4O5S2. The van der Waals surface area contributed by atoms with Crippen LogP contribution in [-0.4, -0.2) is 64.7 Å². The van der Waals surface area contributed by atoms with Crippen LogP contribution in [0.25, 0.3) is 0 Å². The first-order chi connectivity index (χ1) is 14.3. The molecule has 9 nitrogen and oxygen atoms in total. The van der Waals surface area contributed by atoms with E-state index in [1.54, 1.807) is 13.1 Å². The fourth-order valence-corrected chi connectivity index (χ4v) is 5.94. The Bertz CT molecular complexity index is 897. The molecule has 0 aromatic carbocycles. The number of amides is 1. The number of fused-ring (bicyclic) bond motifs is 1. The first-order valence-electron chi connectivity index (χ1n) is 9.67. The van der Waals surface area contributed by atoms with E-state index < -0.39 is 17.2 Å². The lowest BCUT2D eigenvalue weighted by molar-refractivity contribution is -0.146. The number of carboxylic acid groups (broad SMARTS) is 2. The van der Waals surface area contributed by atoms with Crippen molar-refractivity contribution in [1.82, 2.24) is 20.3 Å². The molecule has 1 fully saturated rings. The zero-order chi connectivity index (χ0) is 21.8. The number of thioether (sulfide) groups is 1. The van der Waals surface area contributed by atoms with Gasteiger partial charge in [0.05, 0.1) is 28.9 Å². The third-order valence-corrected chi connectivity index (χ3v) is 7.27. The number of aromatic nitrogens is 3. The summed E-state index contributed by atoms with van der Waals surface area (Å²) in [6.45, 7) is 1.56. The molecule has 3 heterocycles. The number of aliphatic carboxylic acids is 2. The van der Waals surface area contributed by atoms with Crippen LogP contribution in [0.2, 0.25) is 0 Å². The van der Waals surface area contributed by atoms with Gasteiger partial charge in [-0.05, 0) is 43.8 Å². The van der Waals surface area contributed by atoms with E-state index in [-0.39, 0.29) is 34.7 Å². The van der Waals surface area contributed by atoms with Crippen molar-refractivity contribution in [3.05, 3.63) is 34.3 Å². The Labute approximate surface area is 183 Å². The summed E-state index contributed by atoms with van der Waals surface area (Å²) in [5.74, 6) is -2.28. The Morgan fingerprint density at radius 2 is 2.10 bits per heavy atom. The summed E-state index contributed by atoms with van der Waals surface area (Å²) in [6, 6.07) is 0. The molecule has 3 N–H and O–H groups in total. The molecule has 1 amide bonds. The quantitative estimate of drug-likeness (QED) is 0.184. The van der Waals surface area contributed by atoms with E-state index in [0.717, 1.165) is 31.4 Å². The summed E-state index contributed by atoms with van der Waals surface area (Å²) < 4.78 is 0. The van der Waals surface area contributed by atoms with E-state index in [2.05, 4.69) is 28.0 Å². The van der Waals surface area contributed by atoms with Gasteiger partial charge in [-0.15, -0.1) is 11.8 Å². The molecule has 0 aliphatic carbocycles. The van der Waals surface area contributed by atoms with Gasteiger partial charge in [0.15, 0.2) is 0 Å². The second-order valence-corrected chi connectivity index (χ2v) is 8.86. The van der Waals surface area contributed by atoms with Gasteiger partial charge in [-0.3, -0.25) is 9.69 Å². The third-order valence-electron chi connectivity index (χ3n) is 5.40. The van der Waals surface area contributed by atoms with Crippen molar-refractivity contribution in [3.8, 4) is 0 Å². The lowest BCUT2D eigenvalue weighted by Crippen LogP contribution is -2.55. The molecule has 1 aromatic heterocycles. The number of carboxylic acids is 2. The average molecular weight is 453 g/mol. The largest absolute Gasteiger partial charge is 0.478 e. The molecule has 0 bridgehead atoms. The highest BCUT2D eigenvalue weighted by molar-refractivity contribution is 8.01. The third kappa shape index (κ3) is 4.56. The second-order valence-electron chi connectivity index (χ2n) is 7.25. The second kappa shape index (κ2) is 9.69. The number of thiol groups is 1. The minimum atomic E-state index is -1.18. The number of aryl methyl sites for hydroxylation is 1. The standard InChI is InChI=1S/C19H24N4O5S2/c1-10(18(25)26)12(6-4-2-3-5-11-8-20-22-21-11)17-13(9-29)16(19(27)28)23-14(24)7-15(23)30-17/h8,15,17,29H,2-7,9H2,1H3,(H,25,26)(H,27,28)(H,20,21,22)/t15-,17-/m0/s1. The molecular weight excluding hydrogens is 428 g/mol. The van der Waals surface area contributed by atoms with Crippen LogP contribution in [0.15, 0.2) is 28.6 Å². The number of β-lactam (4-membered cyclic amide) rings is 1. The van der Waals surface area contributed by atoms with E-state index >= 15 is 0 Å². The van der Waals surface area contributed by atoms with Gasteiger partial charge in [0.1, 0.15) is 5.70 Å². The molecule has 2 aliphatic heterocycles. The molecule has 0 radical (unpaired) electrons. The Balaban J connectivity index is 1.80. The lowest BCUT2D eigenvalue weighted by atomic mass is 9.93. The molecule has 1 aromatic rings. The number of aromatic amines is 1. The summed E-state index contributed by atoms with van der Waals surface area (Å²) >= 11 is 5.76. The number of nitrogens with one attached hydrogen (secondary N) is 1. The number of carbonyl (C=O) groups is 3. The average Bonchev–Trinajstić information content (AvgIpc) is 3.21. The minimum absolute atomic E-state index is 0.0447. The van der Waals surface area contributed by atoms with Gasteiger partial charge in [-0.1, -0.05) is 6.42 Å². The van der Waals surface area contributed by atoms with E-state index in [0.29, 0.717) is 17.6 Å². The first-order valence-corrected chi connectivity index (χ1v) is 11.2. The molecule has 2 atom stereocenters. The van der Waals surface area contributed by atoms with E-state index in [1.165, 1.54) is 16.7 Å². The van der Waals surface area contributed by atoms with Crippen LogP contribution in [-0.2, 0) is 20.8 Å². The maximum atomic E-state index is 12.0. The summed E-state index contributed by atoms with van der Waals surface area (Å²) in [4.78, 5) is 36.9. The summed E-state index contributed by atoms with van der Waals surface area (Å²) in [7, 11) is 0. The van der Waals surface area contributed by atoms with E-state index in [1.807, 2.05) is 0 Å². The number of carbonyl (C=O) groups excluding carboxylic acids is 1. The highest BCUT2D eigenvalue weighted by Crippen LogP contribution is 2.48. The normalized spacial score (nSPS) is 21.8. The van der Waals surface area contributed by atoms with Crippen molar-refractivity contribution >= 4 is 42.2 Å². The number of hydrogen-bond donors (Lipinski definition) is 4. The van der Waals surface area contributed by atoms with Crippen molar-refractivity contribution in [2.24, 2.45) is 0 Å². The van der Waals surface area contributed by atoms with Crippen molar-refractivity contribution in [2.75, 3.05) is 5.75 Å².